The molecule has 0 fully saturated rings. The molecular weight excluding hydrogens is 280 g/mol. The van der Waals surface area contributed by atoms with Crippen LogP contribution < -0.4 is 10.6 Å². The molecule has 0 saturated carbocycles. The monoisotopic (exact) mass is 302 g/mol. The molecule has 0 spiro atoms. The largest absolute Gasteiger partial charge is 0.459 e. The Morgan fingerprint density at radius 3 is 2.45 bits per heavy atom. The smallest absolute Gasteiger partial charge is 0.338 e. The first-order valence-electron chi connectivity index (χ1n) is 7.50. The molecule has 1 aliphatic rings. The third-order valence-electron chi connectivity index (χ3n) is 3.55. The number of urea groups is 1. The standard InChI is InChI=1S/C17H22N2O3/c1-5-12-6-8-13(9-7-12)15-14(16(20)22-10(2)3)11(4)18-17(21)19-15/h6-10,15H,5H2,1-4H3,(H2,18,19,21). The minimum absolute atomic E-state index is 0.214. The number of nitrogens with one attached hydrogen (secondary N) is 2. The van der Waals surface area contributed by atoms with Gasteiger partial charge in [0, 0.05) is 5.70 Å². The predicted molar refractivity (Wildman–Crippen MR) is 84.2 cm³/mol. The first-order chi connectivity index (χ1) is 10.4. The molecule has 0 saturated heterocycles. The Morgan fingerprint density at radius 1 is 1.27 bits per heavy atom. The molecular formula is C17H22N2O3. The van der Waals surface area contributed by atoms with Gasteiger partial charge in [-0.1, -0.05) is 31.2 Å². The van der Waals surface area contributed by atoms with Crippen molar-refractivity contribution in [1.29, 1.82) is 0 Å². The van der Waals surface area contributed by atoms with Gasteiger partial charge in [-0.25, -0.2) is 9.59 Å². The number of aryl methyl sites for hydroxylation is 1. The molecule has 1 unspecified atom stereocenters. The molecule has 118 valence electrons. The van der Waals surface area contributed by atoms with Crippen molar-refractivity contribution < 1.29 is 14.3 Å². The Bertz CT molecular complexity index is 603. The van der Waals surface area contributed by atoms with Gasteiger partial charge >= 0.3 is 12.0 Å². The summed E-state index contributed by atoms with van der Waals surface area (Å²) in [5, 5.41) is 5.43. The highest BCUT2D eigenvalue weighted by Gasteiger charge is 2.32. The number of rotatable bonds is 4. The van der Waals surface area contributed by atoms with E-state index >= 15 is 0 Å². The third-order valence-corrected chi connectivity index (χ3v) is 3.55. The Labute approximate surface area is 130 Å². The fraction of sp³-hybridized carbons (Fsp3) is 0.412. The number of carbonyl (C=O) groups excluding carboxylic acids is 2. The van der Waals surface area contributed by atoms with Crippen molar-refractivity contribution in [2.24, 2.45) is 0 Å². The molecule has 22 heavy (non-hydrogen) atoms. The van der Waals surface area contributed by atoms with Crippen LogP contribution in [0.1, 0.15) is 44.9 Å². The summed E-state index contributed by atoms with van der Waals surface area (Å²) in [5.74, 6) is -0.412. The van der Waals surface area contributed by atoms with Crippen molar-refractivity contribution in [2.45, 2.75) is 46.3 Å². The average molecular weight is 302 g/mol. The van der Waals surface area contributed by atoms with E-state index in [4.69, 9.17) is 4.74 Å². The van der Waals surface area contributed by atoms with E-state index in [9.17, 15) is 9.59 Å². The Hall–Kier alpha value is -2.30. The van der Waals surface area contributed by atoms with E-state index in [2.05, 4.69) is 17.6 Å². The Balaban J connectivity index is 2.38. The summed E-state index contributed by atoms with van der Waals surface area (Å²) in [4.78, 5) is 24.1. The molecule has 1 aromatic carbocycles. The lowest BCUT2D eigenvalue weighted by Crippen LogP contribution is -2.45. The summed E-state index contributed by atoms with van der Waals surface area (Å²) in [5.41, 5.74) is 3.04. The summed E-state index contributed by atoms with van der Waals surface area (Å²) in [7, 11) is 0. The molecule has 2 rings (SSSR count). The summed E-state index contributed by atoms with van der Waals surface area (Å²) >= 11 is 0. The molecule has 1 heterocycles. The lowest BCUT2D eigenvalue weighted by Gasteiger charge is -2.28. The number of benzene rings is 1. The first kappa shape index (κ1) is 16.1. The third kappa shape index (κ3) is 3.47. The van der Waals surface area contributed by atoms with E-state index in [-0.39, 0.29) is 12.1 Å². The van der Waals surface area contributed by atoms with Crippen LogP contribution in [0.25, 0.3) is 0 Å². The van der Waals surface area contributed by atoms with Gasteiger partial charge in [-0.3, -0.25) is 0 Å². The van der Waals surface area contributed by atoms with Crippen LogP contribution in [0.2, 0.25) is 0 Å². The second-order valence-corrected chi connectivity index (χ2v) is 5.62. The number of carbonyl (C=O) groups is 2. The van der Waals surface area contributed by atoms with E-state index < -0.39 is 12.0 Å². The number of allylic oxidation sites excluding steroid dienone is 1. The second-order valence-electron chi connectivity index (χ2n) is 5.62. The van der Waals surface area contributed by atoms with Crippen molar-refractivity contribution in [3.63, 3.8) is 0 Å². The number of hydrogen-bond acceptors (Lipinski definition) is 3. The fourth-order valence-electron chi connectivity index (χ4n) is 2.44. The summed E-state index contributed by atoms with van der Waals surface area (Å²) in [6, 6.07) is 7.07. The zero-order valence-electron chi connectivity index (χ0n) is 13.4. The van der Waals surface area contributed by atoms with Crippen LogP contribution in [0.3, 0.4) is 0 Å². The van der Waals surface area contributed by atoms with Gasteiger partial charge in [0.25, 0.3) is 0 Å². The van der Waals surface area contributed by atoms with Gasteiger partial charge in [0.1, 0.15) is 0 Å². The van der Waals surface area contributed by atoms with Gasteiger partial charge in [-0.05, 0) is 38.3 Å². The SMILES string of the molecule is CCc1ccc(C2NC(=O)NC(C)=C2C(=O)OC(C)C)cc1. The van der Waals surface area contributed by atoms with Crippen LogP contribution in [0.15, 0.2) is 35.5 Å². The van der Waals surface area contributed by atoms with Crippen molar-refractivity contribution in [1.82, 2.24) is 10.6 Å². The van der Waals surface area contributed by atoms with Gasteiger partial charge in [-0.15, -0.1) is 0 Å². The average Bonchev–Trinajstić information content (AvgIpc) is 2.45. The van der Waals surface area contributed by atoms with Crippen LogP contribution in [-0.4, -0.2) is 18.1 Å². The molecule has 5 nitrogen and oxygen atoms in total. The molecule has 0 aromatic heterocycles. The van der Waals surface area contributed by atoms with Crippen molar-refractivity contribution >= 4 is 12.0 Å². The quantitative estimate of drug-likeness (QED) is 0.840. The van der Waals surface area contributed by atoms with Crippen LogP contribution in [0, 0.1) is 0 Å². The minimum atomic E-state index is -0.495. The minimum Gasteiger partial charge on any atom is -0.459 e. The maximum absolute atomic E-state index is 12.4. The van der Waals surface area contributed by atoms with Gasteiger partial charge in [-0.2, -0.15) is 0 Å². The maximum Gasteiger partial charge on any atom is 0.338 e. The van der Waals surface area contributed by atoms with Gasteiger partial charge in [0.2, 0.25) is 0 Å². The number of hydrogen-bond donors (Lipinski definition) is 2. The molecule has 2 N–H and O–H groups in total. The van der Waals surface area contributed by atoms with Crippen molar-refractivity contribution in [3.05, 3.63) is 46.7 Å². The summed E-state index contributed by atoms with van der Waals surface area (Å²) < 4.78 is 5.30. The van der Waals surface area contributed by atoms with Gasteiger partial charge in [0.05, 0.1) is 17.7 Å². The zero-order chi connectivity index (χ0) is 16.3. The van der Waals surface area contributed by atoms with Gasteiger partial charge in [0.15, 0.2) is 0 Å². The van der Waals surface area contributed by atoms with Crippen molar-refractivity contribution in [2.75, 3.05) is 0 Å². The molecule has 1 aromatic rings. The second kappa shape index (κ2) is 6.64. The molecule has 1 atom stereocenters. The lowest BCUT2D eigenvalue weighted by atomic mass is 9.94. The van der Waals surface area contributed by atoms with E-state index in [1.807, 2.05) is 24.3 Å². The van der Waals surface area contributed by atoms with Crippen molar-refractivity contribution in [3.8, 4) is 0 Å². The van der Waals surface area contributed by atoms with E-state index in [1.165, 1.54) is 5.56 Å². The summed E-state index contributed by atoms with van der Waals surface area (Å²) in [6.07, 6.45) is 0.726. The predicted octanol–water partition coefficient (Wildman–Crippen LogP) is 2.83. The van der Waals surface area contributed by atoms with Crippen LogP contribution in [0.5, 0.6) is 0 Å². The lowest BCUT2D eigenvalue weighted by molar-refractivity contribution is -0.143. The fourth-order valence-corrected chi connectivity index (χ4v) is 2.44. The Kier molecular flexibility index (Phi) is 4.85. The molecule has 1 aliphatic heterocycles. The topological polar surface area (TPSA) is 67.4 Å². The summed E-state index contributed by atoms with van der Waals surface area (Å²) in [6.45, 7) is 7.39. The highest BCUT2D eigenvalue weighted by atomic mass is 16.5. The molecule has 0 radical (unpaired) electrons. The normalized spacial score (nSPS) is 18.0. The van der Waals surface area contributed by atoms with E-state index in [0.717, 1.165) is 12.0 Å². The number of ether oxygens (including phenoxy) is 1. The first-order valence-corrected chi connectivity index (χ1v) is 7.50. The number of esters is 1. The van der Waals surface area contributed by atoms with E-state index in [1.54, 1.807) is 20.8 Å². The van der Waals surface area contributed by atoms with E-state index in [0.29, 0.717) is 11.3 Å². The molecule has 0 bridgehead atoms. The van der Waals surface area contributed by atoms with Gasteiger partial charge < -0.3 is 15.4 Å². The molecule has 5 heteroatoms. The highest BCUT2D eigenvalue weighted by molar-refractivity contribution is 5.95. The zero-order valence-corrected chi connectivity index (χ0v) is 13.4. The molecule has 0 aliphatic carbocycles. The molecule has 2 amide bonds. The number of amides is 2. The maximum atomic E-state index is 12.4. The van der Waals surface area contributed by atoms with Crippen LogP contribution in [0.4, 0.5) is 4.79 Å². The van der Waals surface area contributed by atoms with Crippen LogP contribution in [-0.2, 0) is 16.0 Å². The Morgan fingerprint density at radius 2 is 1.91 bits per heavy atom. The van der Waals surface area contributed by atoms with Crippen LogP contribution >= 0.6 is 0 Å². The highest BCUT2D eigenvalue weighted by Crippen LogP contribution is 2.28.